The molecular weight excluding hydrogens is 852 g/mol. The zero-order valence-electron chi connectivity index (χ0n) is 30.1. The number of alkyl halides is 2. The summed E-state index contributed by atoms with van der Waals surface area (Å²) in [5.41, 5.74) is -0.556. The van der Waals surface area contributed by atoms with Crippen molar-refractivity contribution in [1.29, 1.82) is 0 Å². The summed E-state index contributed by atoms with van der Waals surface area (Å²) < 4.78 is 69.8. The number of hydrogen-bond acceptors (Lipinski definition) is 18. The predicted octanol–water partition coefficient (Wildman–Crippen LogP) is 2.76. The maximum atomic E-state index is 16.5. The van der Waals surface area contributed by atoms with Gasteiger partial charge in [-0.05, 0) is 0 Å². The van der Waals surface area contributed by atoms with Crippen LogP contribution in [-0.4, -0.2) is 111 Å². The molecule has 0 aliphatic carbocycles. The maximum absolute atomic E-state index is 16.5. The molecule has 0 spiro atoms. The molecule has 2 amide bonds. The first-order chi connectivity index (χ1) is 27.6. The van der Waals surface area contributed by atoms with Gasteiger partial charge >= 0.3 is 319 Å². The van der Waals surface area contributed by atoms with E-state index in [4.69, 9.17) is 27.6 Å². The number of anilines is 2. The van der Waals surface area contributed by atoms with E-state index in [0.29, 0.717) is 5.56 Å². The van der Waals surface area contributed by atoms with Crippen molar-refractivity contribution in [3.63, 3.8) is 0 Å². The van der Waals surface area contributed by atoms with Crippen molar-refractivity contribution in [3.8, 4) is 0 Å². The number of nitrogens with zero attached hydrogens (tertiary/aromatic N) is 7. The summed E-state index contributed by atoms with van der Waals surface area (Å²) in [6, 6.07) is 8.35. The Labute approximate surface area is 336 Å². The van der Waals surface area contributed by atoms with Crippen molar-refractivity contribution in [2.75, 3.05) is 23.8 Å². The summed E-state index contributed by atoms with van der Waals surface area (Å²) in [7, 11) is -9.38. The molecule has 3 fully saturated rings. The molecule has 5 N–H and O–H groups in total. The number of benzene rings is 1. The van der Waals surface area contributed by atoms with Crippen LogP contribution in [0.1, 0.15) is 36.7 Å². The predicted molar refractivity (Wildman–Crippen MR) is 210 cm³/mol. The Balaban J connectivity index is 1.06. The van der Waals surface area contributed by atoms with Crippen molar-refractivity contribution in [2.45, 2.75) is 63.1 Å². The zero-order chi connectivity index (χ0) is 41.1. The molecule has 4 aromatic heterocycles. The fraction of sp³-hybridized carbons (Fsp3) is 0.419. The van der Waals surface area contributed by atoms with Gasteiger partial charge in [0.2, 0.25) is 0 Å². The number of ether oxygens (including phenoxy) is 2. The Kier molecular flexibility index (Phi) is 11.3. The number of aromatic amines is 1. The third kappa shape index (κ3) is 8.06. The van der Waals surface area contributed by atoms with Gasteiger partial charge in [0.25, 0.3) is 0 Å². The molecule has 21 nitrogen and oxygen atoms in total. The van der Waals surface area contributed by atoms with Crippen LogP contribution >= 0.6 is 38.8 Å². The summed E-state index contributed by atoms with van der Waals surface area (Å²) in [5.74, 6) is -1.57. The molecule has 27 heteroatoms. The fourth-order valence-electron chi connectivity index (χ4n) is 6.51. The van der Waals surface area contributed by atoms with E-state index in [2.05, 4.69) is 65.0 Å². The van der Waals surface area contributed by atoms with Crippen LogP contribution in [0, 0.1) is 5.92 Å². The third-order valence-electron chi connectivity index (χ3n) is 9.35. The summed E-state index contributed by atoms with van der Waals surface area (Å²) in [4.78, 5) is 84.0. The number of carbonyl (C=O) groups excluding carboxylic acids is 2. The van der Waals surface area contributed by atoms with E-state index in [0.717, 1.165) is 17.2 Å². The molecule has 3 aliphatic rings. The second-order valence-electron chi connectivity index (χ2n) is 13.7. The van der Waals surface area contributed by atoms with Crippen molar-refractivity contribution in [3.05, 3.63) is 65.2 Å². The second-order valence-corrected chi connectivity index (χ2v) is 20.3. The van der Waals surface area contributed by atoms with Crippen molar-refractivity contribution < 1.29 is 55.7 Å². The van der Waals surface area contributed by atoms with Gasteiger partial charge in [-0.3, -0.25) is 0 Å². The van der Waals surface area contributed by atoms with Gasteiger partial charge in [0.1, 0.15) is 0 Å². The van der Waals surface area contributed by atoms with Crippen LogP contribution in [0.5, 0.6) is 0 Å². The molecule has 0 unspecified atom stereocenters. The van der Waals surface area contributed by atoms with Crippen molar-refractivity contribution in [2.24, 2.45) is 5.92 Å². The van der Waals surface area contributed by atoms with E-state index in [9.17, 15) is 24.2 Å². The Bertz CT molecular complexity index is 2410. The van der Waals surface area contributed by atoms with Crippen LogP contribution in [0.25, 0.3) is 22.3 Å². The zero-order valence-corrected chi connectivity index (χ0v) is 33.9. The number of thiol groups is 2. The van der Waals surface area contributed by atoms with Gasteiger partial charge in [-0.1, -0.05) is 18.2 Å². The van der Waals surface area contributed by atoms with Crippen LogP contribution in [-0.2, 0) is 32.4 Å². The summed E-state index contributed by atoms with van der Waals surface area (Å²) >= 11 is 8.37. The minimum absolute atomic E-state index is 0.0351. The molecule has 8 rings (SSSR count). The normalized spacial score (nSPS) is 29.5. The van der Waals surface area contributed by atoms with E-state index in [1.54, 1.807) is 44.2 Å². The topological polar surface area (TPSA) is 261 Å². The SMILES string of the molecule is CC(C)C(=O)Nc1nc2c(ncn2[C@@H]2O[C@@H]3CO[PH](O)(S)O[C@H]4[C@@H](F)[C@H](n5cnc6c(NC(=O)c7ccccc7)ncnc65)O[C@@H]4CO[PH](O)(S)O[C@@H]2[C@@H]3F)c(=O)[nH]1. The van der Waals surface area contributed by atoms with E-state index in [1.165, 1.54) is 10.9 Å². The Hall–Kier alpha value is -3.84. The van der Waals surface area contributed by atoms with Crippen LogP contribution in [0.3, 0.4) is 0 Å². The van der Waals surface area contributed by atoms with E-state index < -0.39 is 100 Å². The summed E-state index contributed by atoms with van der Waals surface area (Å²) in [5, 5.41) is 5.15. The van der Waals surface area contributed by atoms with Gasteiger partial charge in [-0.2, -0.15) is 0 Å². The molecule has 7 heterocycles. The van der Waals surface area contributed by atoms with Crippen LogP contribution in [0.15, 0.2) is 54.1 Å². The first-order valence-electron chi connectivity index (χ1n) is 17.5. The number of amides is 2. The first kappa shape index (κ1) is 40.9. The number of fused-ring (bicyclic) bond motifs is 5. The third-order valence-corrected chi connectivity index (χ3v) is 13.0. The number of halogens is 2. The molecule has 5 aromatic rings. The molecule has 8 atom stereocenters. The molecule has 3 aliphatic heterocycles. The number of hydrogen-bond donors (Lipinski definition) is 7. The molecule has 58 heavy (non-hydrogen) atoms. The van der Waals surface area contributed by atoms with Gasteiger partial charge in [-0.25, -0.2) is 0 Å². The Morgan fingerprint density at radius 3 is 2.21 bits per heavy atom. The number of rotatable bonds is 6. The minimum atomic E-state index is -4.71. The number of aromatic nitrogens is 8. The fourth-order valence-corrected chi connectivity index (χ4v) is 9.82. The second kappa shape index (κ2) is 16.0. The van der Waals surface area contributed by atoms with Gasteiger partial charge in [0, 0.05) is 0 Å². The van der Waals surface area contributed by atoms with Crippen molar-refractivity contribution in [1.82, 2.24) is 39.0 Å². The molecule has 312 valence electrons. The standard InChI is InChI=1S/C31H36F2N10O11P2S2/c1-13(2)26(44)40-31-39-25-20(28(46)41-31)37-12-43(25)30-22-17(32)15(51-30)8-49-55(47,57)53-21-16(9-50-56(48,58)54-22)52-29(18(21)33)42-11-36-19-23(34-10-35-24(19)42)38-27(45)14-6-4-3-5-7-14/h3-7,10-13,15-18,21-22,29-30,47-48,55-58H,8-9H2,1-2H3,(H,34,35,38,45)(H2,39,40,41,44,46)/t15-,16-,17-,18-,21-,22-,29-,30-/m1/s1. The van der Waals surface area contributed by atoms with Crippen LogP contribution in [0.4, 0.5) is 20.5 Å². The van der Waals surface area contributed by atoms with Gasteiger partial charge in [0.05, 0.1) is 0 Å². The Morgan fingerprint density at radius 2 is 1.50 bits per heavy atom. The summed E-state index contributed by atoms with van der Waals surface area (Å²) in [6.07, 6.45) is -10.1. The van der Waals surface area contributed by atoms with Gasteiger partial charge in [0.15, 0.2) is 0 Å². The van der Waals surface area contributed by atoms with Crippen LogP contribution < -0.4 is 16.2 Å². The summed E-state index contributed by atoms with van der Waals surface area (Å²) in [6.45, 7) is 1.88. The van der Waals surface area contributed by atoms with E-state index >= 15 is 8.78 Å². The molecule has 0 saturated carbocycles. The van der Waals surface area contributed by atoms with Gasteiger partial charge in [-0.15, -0.1) is 0 Å². The van der Waals surface area contributed by atoms with Gasteiger partial charge < -0.3 is 0 Å². The molecule has 3 saturated heterocycles. The molecular formula is C31H36F2N10O11P2S2. The number of nitrogens with one attached hydrogen (secondary N) is 3. The molecule has 0 radical (unpaired) electrons. The number of carbonyl (C=O) groups is 2. The average Bonchev–Trinajstić information content (AvgIpc) is 3.95. The molecule has 2 bridgehead atoms. The number of H-pyrrole nitrogens is 1. The van der Waals surface area contributed by atoms with E-state index in [1.807, 2.05) is 0 Å². The molecule has 1 aromatic carbocycles. The quantitative estimate of drug-likeness (QED) is 0.0955. The number of imidazole rings is 2. The first-order valence-corrected chi connectivity index (χ1v) is 23.6. The van der Waals surface area contributed by atoms with E-state index in [-0.39, 0.29) is 34.1 Å². The monoisotopic (exact) mass is 888 g/mol. The Morgan fingerprint density at radius 1 is 0.862 bits per heavy atom. The van der Waals surface area contributed by atoms with Crippen LogP contribution in [0.2, 0.25) is 0 Å². The van der Waals surface area contributed by atoms with Crippen molar-refractivity contribution >= 4 is 84.7 Å². The average molecular weight is 889 g/mol.